The fourth-order valence-electron chi connectivity index (χ4n) is 5.63. The molecule has 2 atom stereocenters. The summed E-state index contributed by atoms with van der Waals surface area (Å²) in [7, 11) is -0.336. The number of furan rings is 1. The predicted molar refractivity (Wildman–Crippen MR) is 168 cm³/mol. The number of fused-ring (bicyclic) bond motifs is 2. The smallest absolute Gasteiger partial charge is 0.294 e. The van der Waals surface area contributed by atoms with Gasteiger partial charge in [-0.2, -0.15) is 16.3 Å². The molecule has 0 aliphatic carbocycles. The van der Waals surface area contributed by atoms with Crippen LogP contribution < -0.4 is 18.9 Å². The fourth-order valence-corrected chi connectivity index (χ4v) is 9.36. The summed E-state index contributed by atoms with van der Waals surface area (Å²) in [5, 5.41) is 5.93. The molecule has 14 heteroatoms. The Labute approximate surface area is 259 Å². The summed E-state index contributed by atoms with van der Waals surface area (Å²) in [6, 6.07) is 5.66. The average Bonchev–Trinajstić information content (AvgIpc) is 3.70. The summed E-state index contributed by atoms with van der Waals surface area (Å²) in [5.41, 5.74) is 0.810. The second kappa shape index (κ2) is 11.8. The zero-order valence-corrected chi connectivity index (χ0v) is 27.5. The molecule has 4 aromatic rings. The number of thioether (sulfide) groups is 1. The summed E-state index contributed by atoms with van der Waals surface area (Å²) in [4.78, 5) is 5.15. The molecule has 0 radical (unpaired) electrons. The molecular weight excluding hydrogens is 613 g/mol. The number of aromatic nitrogens is 3. The quantitative estimate of drug-likeness (QED) is 0.252. The van der Waals surface area contributed by atoms with Crippen LogP contribution in [-0.4, -0.2) is 78.3 Å². The molecule has 0 spiro atoms. The minimum atomic E-state index is -3.53. The highest BCUT2D eigenvalue weighted by Crippen LogP contribution is 2.43. The molecule has 0 bridgehead atoms. The lowest BCUT2D eigenvalue weighted by molar-refractivity contribution is 0.0419. The number of hydrogen-bond acceptors (Lipinski definition) is 11. The molecule has 2 unspecified atom stereocenters. The van der Waals surface area contributed by atoms with Gasteiger partial charge in [-0.15, -0.1) is 5.10 Å². The average molecular weight is 651 g/mol. The molecule has 1 aromatic carbocycles. The first-order valence-electron chi connectivity index (χ1n) is 14.4. The van der Waals surface area contributed by atoms with Gasteiger partial charge in [-0.1, -0.05) is 0 Å². The molecule has 11 nitrogen and oxygen atoms in total. The third-order valence-corrected chi connectivity index (χ3v) is 13.0. The largest absolute Gasteiger partial charge is 0.496 e. The van der Waals surface area contributed by atoms with E-state index in [2.05, 4.69) is 14.8 Å². The minimum Gasteiger partial charge on any atom is -0.496 e. The molecular formula is C29H38N4O7S3. The summed E-state index contributed by atoms with van der Waals surface area (Å²) >= 11 is 3.22. The van der Waals surface area contributed by atoms with Crippen LogP contribution in [0.15, 0.2) is 28.8 Å². The molecule has 2 aliphatic rings. The van der Waals surface area contributed by atoms with E-state index in [1.54, 1.807) is 45.7 Å². The Morgan fingerprint density at radius 2 is 1.95 bits per heavy atom. The highest BCUT2D eigenvalue weighted by Gasteiger charge is 2.47. The maximum atomic E-state index is 13.3. The number of rotatable bonds is 9. The second-order valence-electron chi connectivity index (χ2n) is 12.1. The van der Waals surface area contributed by atoms with Crippen molar-refractivity contribution < 1.29 is 31.8 Å². The number of ether oxygens (including phenoxy) is 4. The Morgan fingerprint density at radius 1 is 1.16 bits per heavy atom. The van der Waals surface area contributed by atoms with Crippen molar-refractivity contribution in [2.75, 3.05) is 39.8 Å². The lowest BCUT2D eigenvalue weighted by Gasteiger charge is -2.47. The number of imidazole rings is 1. The van der Waals surface area contributed by atoms with Crippen LogP contribution in [0.5, 0.6) is 16.7 Å². The summed E-state index contributed by atoms with van der Waals surface area (Å²) in [6.07, 6.45) is 4.89. The highest BCUT2D eigenvalue weighted by atomic mass is 32.2. The van der Waals surface area contributed by atoms with Gasteiger partial charge < -0.3 is 23.4 Å². The van der Waals surface area contributed by atoms with Gasteiger partial charge in [0.05, 0.1) is 37.2 Å². The monoisotopic (exact) mass is 650 g/mol. The van der Waals surface area contributed by atoms with Crippen molar-refractivity contribution >= 4 is 49.1 Å². The highest BCUT2D eigenvalue weighted by molar-refractivity contribution is 8.00. The standard InChI is InChI=1S/C29H38N4O7S3/c1-28(2,3)43(34,35)32-29(7-9-38-10-8-29)25-12-18(6-11-41-25)17-39-22-13-19(36-4)14-23-20(22)15-24(40-23)21-16-30-26-33(21)31-27(37-5)42-26/h13-16,18,25,32H,6-12,17H2,1-5H3. The van der Waals surface area contributed by atoms with Crippen molar-refractivity contribution in [2.45, 2.75) is 62.0 Å². The van der Waals surface area contributed by atoms with Gasteiger partial charge in [-0.25, -0.2) is 18.1 Å². The Morgan fingerprint density at radius 3 is 2.67 bits per heavy atom. The SMILES string of the molecule is COc1cc(OCC2CCSC(C3(NS(=O)(=O)C(C)(C)C)CCOCC3)C2)c2cc(-c3cnc4sc(OC)nn34)oc2c1. The van der Waals surface area contributed by atoms with Crippen LogP contribution in [0.25, 0.3) is 27.4 Å². The molecule has 6 rings (SSSR count). The van der Waals surface area contributed by atoms with Gasteiger partial charge in [0, 0.05) is 36.1 Å². The normalized spacial score (nSPS) is 21.3. The minimum absolute atomic E-state index is 0.126. The summed E-state index contributed by atoms with van der Waals surface area (Å²) in [5.74, 6) is 3.11. The van der Waals surface area contributed by atoms with Gasteiger partial charge in [0.1, 0.15) is 22.8 Å². The molecule has 2 aliphatic heterocycles. The van der Waals surface area contributed by atoms with Crippen LogP contribution in [0.2, 0.25) is 0 Å². The van der Waals surface area contributed by atoms with Crippen molar-refractivity contribution in [3.05, 3.63) is 24.4 Å². The Bertz CT molecular complexity index is 1700. The van der Waals surface area contributed by atoms with E-state index in [9.17, 15) is 8.42 Å². The van der Waals surface area contributed by atoms with Crippen LogP contribution in [-0.2, 0) is 14.8 Å². The second-order valence-corrected chi connectivity index (χ2v) is 16.8. The molecule has 5 heterocycles. The molecule has 234 valence electrons. The van der Waals surface area contributed by atoms with Crippen molar-refractivity contribution in [3.63, 3.8) is 0 Å². The number of nitrogens with zero attached hydrogens (tertiary/aromatic N) is 3. The first-order valence-corrected chi connectivity index (χ1v) is 17.7. The molecule has 2 saturated heterocycles. The van der Waals surface area contributed by atoms with E-state index in [1.807, 2.05) is 30.0 Å². The van der Waals surface area contributed by atoms with Crippen LogP contribution >= 0.6 is 23.1 Å². The van der Waals surface area contributed by atoms with Crippen LogP contribution in [0.4, 0.5) is 0 Å². The van der Waals surface area contributed by atoms with Gasteiger partial charge in [-0.3, -0.25) is 0 Å². The van der Waals surface area contributed by atoms with E-state index in [1.165, 1.54) is 11.3 Å². The zero-order chi connectivity index (χ0) is 30.4. The number of nitrogens with one attached hydrogen (secondary N) is 1. The fraction of sp³-hybridized carbons (Fsp3) is 0.586. The lowest BCUT2D eigenvalue weighted by atomic mass is 9.82. The van der Waals surface area contributed by atoms with Gasteiger partial charge in [-0.05, 0) is 75.5 Å². The predicted octanol–water partition coefficient (Wildman–Crippen LogP) is 5.38. The van der Waals surface area contributed by atoms with E-state index in [4.69, 9.17) is 23.4 Å². The molecule has 2 fully saturated rings. The Hall–Kier alpha value is -2.52. The number of hydrogen-bond donors (Lipinski definition) is 1. The number of methoxy groups -OCH3 is 2. The van der Waals surface area contributed by atoms with Gasteiger partial charge in [0.25, 0.3) is 5.19 Å². The van der Waals surface area contributed by atoms with Gasteiger partial charge in [0.2, 0.25) is 15.0 Å². The van der Waals surface area contributed by atoms with Crippen LogP contribution in [0.3, 0.4) is 0 Å². The topological polar surface area (TPSA) is 126 Å². The van der Waals surface area contributed by atoms with Crippen molar-refractivity contribution in [1.29, 1.82) is 0 Å². The lowest BCUT2D eigenvalue weighted by Crippen LogP contribution is -2.61. The first kappa shape index (κ1) is 30.5. The van der Waals surface area contributed by atoms with Crippen molar-refractivity contribution in [1.82, 2.24) is 19.3 Å². The van der Waals surface area contributed by atoms with Crippen LogP contribution in [0.1, 0.15) is 46.5 Å². The van der Waals surface area contributed by atoms with Crippen LogP contribution in [0, 0.1) is 5.92 Å². The first-order chi connectivity index (χ1) is 20.5. The molecule has 1 N–H and O–H groups in total. The molecule has 0 amide bonds. The third kappa shape index (κ3) is 5.96. The van der Waals surface area contributed by atoms with E-state index in [0.717, 1.165) is 24.0 Å². The maximum absolute atomic E-state index is 13.3. The van der Waals surface area contributed by atoms with Gasteiger partial charge >= 0.3 is 0 Å². The zero-order valence-electron chi connectivity index (χ0n) is 25.0. The number of benzene rings is 1. The van der Waals surface area contributed by atoms with E-state index < -0.39 is 20.3 Å². The Balaban J connectivity index is 1.23. The number of sulfonamides is 1. The van der Waals surface area contributed by atoms with E-state index in [-0.39, 0.29) is 11.2 Å². The van der Waals surface area contributed by atoms with Crippen molar-refractivity contribution in [2.24, 2.45) is 5.92 Å². The molecule has 0 saturated carbocycles. The summed E-state index contributed by atoms with van der Waals surface area (Å²) < 4.78 is 59.8. The molecule has 3 aromatic heterocycles. The van der Waals surface area contributed by atoms with E-state index in [0.29, 0.717) is 71.4 Å². The van der Waals surface area contributed by atoms with Crippen molar-refractivity contribution in [3.8, 4) is 28.1 Å². The van der Waals surface area contributed by atoms with Gasteiger partial charge in [0.15, 0.2) is 5.76 Å². The summed E-state index contributed by atoms with van der Waals surface area (Å²) in [6.45, 7) is 6.82. The molecule has 43 heavy (non-hydrogen) atoms. The maximum Gasteiger partial charge on any atom is 0.294 e. The Kier molecular flexibility index (Phi) is 8.35. The third-order valence-electron chi connectivity index (χ3n) is 8.31. The van der Waals surface area contributed by atoms with E-state index >= 15 is 0 Å².